The molecular formula is C40H39ClFN3O5. The topological polar surface area (TPSA) is 98.2 Å². The molecule has 3 heterocycles. The molecule has 10 heteroatoms. The molecule has 1 N–H and O–H groups in total. The molecule has 0 bridgehead atoms. The Labute approximate surface area is 295 Å². The summed E-state index contributed by atoms with van der Waals surface area (Å²) in [7, 11) is 0. The van der Waals surface area contributed by atoms with Gasteiger partial charge >= 0.3 is 0 Å². The number of carbonyl (C=O) groups excluding carboxylic acids is 4. The van der Waals surface area contributed by atoms with Crippen LogP contribution in [-0.2, 0) is 25.7 Å². The summed E-state index contributed by atoms with van der Waals surface area (Å²) < 4.78 is 14.2. The highest BCUT2D eigenvalue weighted by molar-refractivity contribution is 6.31. The van der Waals surface area contributed by atoms with Crippen molar-refractivity contribution in [1.82, 2.24) is 9.80 Å². The van der Waals surface area contributed by atoms with Crippen LogP contribution in [0.2, 0.25) is 5.02 Å². The Morgan fingerprint density at radius 2 is 1.66 bits per heavy atom. The van der Waals surface area contributed by atoms with E-state index in [1.807, 2.05) is 30.3 Å². The van der Waals surface area contributed by atoms with Crippen LogP contribution in [0.3, 0.4) is 0 Å². The van der Waals surface area contributed by atoms with Crippen LogP contribution in [0.1, 0.15) is 55.2 Å². The summed E-state index contributed by atoms with van der Waals surface area (Å²) in [6.07, 6.45) is 3.92. The SMILES string of the molecule is Cc1cccc([C@H]2C3=CC[C@@H]4C(=O)N(C5CCN(Cc6ccccc6)CC5)C(=O)[C@@H]4[C@@H]3C[C@H]3C(=O)N(c4ccc(F)c(Cl)c4)C(=O)[C@@]23C)c1O. The second-order valence-corrected chi connectivity index (χ2v) is 15.2. The first-order valence-corrected chi connectivity index (χ1v) is 17.8. The second kappa shape index (κ2) is 12.2. The van der Waals surface area contributed by atoms with Crippen LogP contribution >= 0.6 is 11.6 Å². The van der Waals surface area contributed by atoms with E-state index < -0.39 is 52.6 Å². The van der Waals surface area contributed by atoms with Crippen LogP contribution < -0.4 is 4.90 Å². The third-order valence-electron chi connectivity index (χ3n) is 12.2. The van der Waals surface area contributed by atoms with E-state index in [2.05, 4.69) is 17.0 Å². The monoisotopic (exact) mass is 695 g/mol. The molecule has 258 valence electrons. The van der Waals surface area contributed by atoms with Crippen molar-refractivity contribution in [3.8, 4) is 5.75 Å². The number of carbonyl (C=O) groups is 4. The Bertz CT molecular complexity index is 1960. The van der Waals surface area contributed by atoms with Crippen LogP contribution in [-0.4, -0.2) is 57.7 Å². The van der Waals surface area contributed by atoms with Gasteiger partial charge in [0.1, 0.15) is 11.6 Å². The molecular weight excluding hydrogens is 657 g/mol. The number of fused-ring (bicyclic) bond motifs is 4. The van der Waals surface area contributed by atoms with Crippen LogP contribution in [0.25, 0.3) is 0 Å². The van der Waals surface area contributed by atoms with Gasteiger partial charge in [0.15, 0.2) is 0 Å². The fraction of sp³-hybridized carbons (Fsp3) is 0.400. The lowest BCUT2D eigenvalue weighted by Crippen LogP contribution is -2.49. The van der Waals surface area contributed by atoms with Gasteiger partial charge in [-0.3, -0.25) is 29.0 Å². The van der Waals surface area contributed by atoms with E-state index in [1.165, 1.54) is 22.6 Å². The van der Waals surface area contributed by atoms with Crippen molar-refractivity contribution in [2.75, 3.05) is 18.0 Å². The highest BCUT2D eigenvalue weighted by Gasteiger charge is 2.68. The number of aryl methyl sites for hydroxylation is 1. The number of anilines is 1. The first-order chi connectivity index (χ1) is 24.0. The van der Waals surface area contributed by atoms with Crippen LogP contribution in [0.4, 0.5) is 10.1 Å². The highest BCUT2D eigenvalue weighted by Crippen LogP contribution is 2.64. The number of halogens is 2. The molecule has 3 aromatic rings. The number of hydrogen-bond donors (Lipinski definition) is 1. The normalized spacial score (nSPS) is 30.0. The molecule has 3 aromatic carbocycles. The van der Waals surface area contributed by atoms with Gasteiger partial charge < -0.3 is 5.11 Å². The maximum atomic E-state index is 14.6. The van der Waals surface area contributed by atoms with E-state index in [0.29, 0.717) is 30.4 Å². The highest BCUT2D eigenvalue weighted by atomic mass is 35.5. The molecule has 8 nitrogen and oxygen atoms in total. The Kier molecular flexibility index (Phi) is 7.99. The van der Waals surface area contributed by atoms with Crippen molar-refractivity contribution in [2.24, 2.45) is 29.1 Å². The minimum Gasteiger partial charge on any atom is -0.507 e. The molecule has 0 aromatic heterocycles. The van der Waals surface area contributed by atoms with E-state index in [-0.39, 0.29) is 40.7 Å². The first-order valence-electron chi connectivity index (χ1n) is 17.5. The average Bonchev–Trinajstić information content (AvgIpc) is 3.48. The molecule has 1 saturated carbocycles. The summed E-state index contributed by atoms with van der Waals surface area (Å²) in [4.78, 5) is 62.6. The van der Waals surface area contributed by atoms with Gasteiger partial charge in [0.25, 0.3) is 0 Å². The molecule has 8 rings (SSSR count). The van der Waals surface area contributed by atoms with E-state index in [0.717, 1.165) is 36.2 Å². The molecule has 2 aliphatic carbocycles. The molecule has 4 fully saturated rings. The fourth-order valence-electron chi connectivity index (χ4n) is 9.71. The van der Waals surface area contributed by atoms with Crippen molar-refractivity contribution in [1.29, 1.82) is 0 Å². The van der Waals surface area contributed by atoms with Crippen molar-refractivity contribution in [3.05, 3.63) is 106 Å². The van der Waals surface area contributed by atoms with E-state index in [1.54, 1.807) is 26.0 Å². The van der Waals surface area contributed by atoms with Crippen molar-refractivity contribution in [2.45, 2.75) is 58.0 Å². The molecule has 6 atom stereocenters. The average molecular weight is 696 g/mol. The lowest BCUT2D eigenvalue weighted by atomic mass is 9.51. The number of benzene rings is 3. The first kappa shape index (κ1) is 32.8. The maximum Gasteiger partial charge on any atom is 0.241 e. The molecule has 3 saturated heterocycles. The quantitative estimate of drug-likeness (QED) is 0.246. The third kappa shape index (κ3) is 4.88. The molecule has 0 spiro atoms. The Hall–Kier alpha value is -4.34. The maximum absolute atomic E-state index is 14.6. The zero-order valence-electron chi connectivity index (χ0n) is 28.0. The summed E-state index contributed by atoms with van der Waals surface area (Å²) in [5, 5.41) is 11.2. The molecule has 4 amide bonds. The summed E-state index contributed by atoms with van der Waals surface area (Å²) in [6.45, 7) is 5.90. The van der Waals surface area contributed by atoms with Gasteiger partial charge in [-0.05, 0) is 74.8 Å². The van der Waals surface area contributed by atoms with E-state index in [4.69, 9.17) is 11.6 Å². The number of imide groups is 2. The molecule has 5 aliphatic rings. The van der Waals surface area contributed by atoms with Crippen LogP contribution in [0.5, 0.6) is 5.75 Å². The zero-order valence-corrected chi connectivity index (χ0v) is 28.8. The number of allylic oxidation sites excluding steroid dienone is 2. The van der Waals surface area contributed by atoms with Crippen LogP contribution in [0.15, 0.2) is 78.4 Å². The van der Waals surface area contributed by atoms with Gasteiger partial charge in [-0.15, -0.1) is 0 Å². The van der Waals surface area contributed by atoms with Gasteiger partial charge in [0.05, 0.1) is 33.9 Å². The number of phenols is 1. The Morgan fingerprint density at radius 3 is 2.38 bits per heavy atom. The third-order valence-corrected chi connectivity index (χ3v) is 12.5. The Morgan fingerprint density at radius 1 is 0.920 bits per heavy atom. The standard InChI is InChI=1S/C40H39ClFN3O5/c1-22-7-6-10-28(35(22)46)34-26-12-13-27-33(38(49)44(36(27)47)24-15-17-43(18-16-24)21-23-8-4-3-5-9-23)29(26)20-30-37(48)45(39(50)40(30,34)2)25-11-14-32(42)31(41)19-25/h3-12,14,19,24,27,29-30,33-34,46H,13,15-18,20-21H2,1-2H3/t27-,29+,30-,33-,34+,40+/m0/s1. The fourth-order valence-corrected chi connectivity index (χ4v) is 9.88. The lowest BCUT2D eigenvalue weighted by Gasteiger charge is -2.49. The number of nitrogens with zero attached hydrogens (tertiary/aromatic N) is 3. The summed E-state index contributed by atoms with van der Waals surface area (Å²) in [5.41, 5.74) is 2.01. The van der Waals surface area contributed by atoms with Gasteiger partial charge in [0.2, 0.25) is 23.6 Å². The number of aromatic hydroxyl groups is 1. The largest absolute Gasteiger partial charge is 0.507 e. The minimum atomic E-state index is -1.32. The summed E-state index contributed by atoms with van der Waals surface area (Å²) >= 11 is 6.11. The number of phenolic OH excluding ortho intramolecular Hbond substituents is 1. The molecule has 0 unspecified atom stereocenters. The minimum absolute atomic E-state index is 0.0300. The lowest BCUT2D eigenvalue weighted by molar-refractivity contribution is -0.144. The molecule has 3 aliphatic heterocycles. The van der Waals surface area contributed by atoms with Gasteiger partial charge in [-0.25, -0.2) is 9.29 Å². The zero-order chi connectivity index (χ0) is 35.1. The summed E-state index contributed by atoms with van der Waals surface area (Å²) in [6, 6.07) is 19.2. The van der Waals surface area contributed by atoms with Gasteiger partial charge in [0, 0.05) is 37.2 Å². The number of likely N-dealkylation sites (tertiary alicyclic amines) is 2. The molecule has 50 heavy (non-hydrogen) atoms. The van der Waals surface area contributed by atoms with Crippen molar-refractivity contribution >= 4 is 40.9 Å². The van der Waals surface area contributed by atoms with Gasteiger partial charge in [-0.2, -0.15) is 0 Å². The van der Waals surface area contributed by atoms with E-state index in [9.17, 15) is 28.7 Å². The van der Waals surface area contributed by atoms with E-state index >= 15 is 0 Å². The van der Waals surface area contributed by atoms with Crippen LogP contribution in [0, 0.1) is 41.8 Å². The number of hydrogen-bond acceptors (Lipinski definition) is 6. The van der Waals surface area contributed by atoms with Crippen molar-refractivity contribution in [3.63, 3.8) is 0 Å². The van der Waals surface area contributed by atoms with Gasteiger partial charge in [-0.1, -0.05) is 71.8 Å². The number of piperidine rings is 1. The predicted octanol–water partition coefficient (Wildman–Crippen LogP) is 6.39. The number of para-hydroxylation sites is 1. The predicted molar refractivity (Wildman–Crippen MR) is 185 cm³/mol. The smallest absolute Gasteiger partial charge is 0.241 e. The second-order valence-electron chi connectivity index (χ2n) is 14.8. The Balaban J connectivity index is 1.14. The number of amides is 4. The number of rotatable bonds is 5. The van der Waals surface area contributed by atoms with Crippen molar-refractivity contribution < 1.29 is 28.7 Å². The molecule has 0 radical (unpaired) electrons. The summed E-state index contributed by atoms with van der Waals surface area (Å²) in [5.74, 6) is -5.21.